The van der Waals surface area contributed by atoms with Crippen LogP contribution in [0.1, 0.15) is 29.3 Å². The average Bonchev–Trinajstić information content (AvgIpc) is 2.92. The molecule has 1 aromatic rings. The van der Waals surface area contributed by atoms with Gasteiger partial charge in [-0.3, -0.25) is 4.79 Å². The highest BCUT2D eigenvalue weighted by atomic mass is 79.9. The Kier molecular flexibility index (Phi) is 3.58. The number of rotatable bonds is 2. The molecule has 3 atom stereocenters. The third-order valence-electron chi connectivity index (χ3n) is 3.88. The molecule has 0 bridgehead atoms. The quantitative estimate of drug-likeness (QED) is 0.831. The average molecular weight is 345 g/mol. The summed E-state index contributed by atoms with van der Waals surface area (Å²) in [6.45, 7) is 2.99. The van der Waals surface area contributed by atoms with Crippen molar-refractivity contribution in [1.82, 2.24) is 0 Å². The maximum atomic E-state index is 11.4. The number of hydrogen-bond acceptors (Lipinski definition) is 2. The summed E-state index contributed by atoms with van der Waals surface area (Å²) in [4.78, 5) is 11.5. The van der Waals surface area contributed by atoms with Crippen LogP contribution in [0.4, 0.5) is 5.69 Å². The van der Waals surface area contributed by atoms with E-state index in [2.05, 4.69) is 28.2 Å². The third kappa shape index (κ3) is 2.41. The van der Waals surface area contributed by atoms with Gasteiger partial charge in [0, 0.05) is 17.3 Å². The molecule has 1 fully saturated rings. The summed E-state index contributed by atoms with van der Waals surface area (Å²) in [5, 5.41) is 3.48. The summed E-state index contributed by atoms with van der Waals surface area (Å²) < 4.78 is 5.79. The van der Waals surface area contributed by atoms with Crippen LogP contribution in [0.15, 0.2) is 12.1 Å². The zero-order valence-corrected chi connectivity index (χ0v) is 12.9. The van der Waals surface area contributed by atoms with Crippen LogP contribution in [0.3, 0.4) is 0 Å². The van der Waals surface area contributed by atoms with E-state index in [1.54, 1.807) is 0 Å². The predicted octanol–water partition coefficient (Wildman–Crippen LogP) is 3.70. The van der Waals surface area contributed by atoms with E-state index >= 15 is 0 Å². The van der Waals surface area contributed by atoms with Gasteiger partial charge in [0.1, 0.15) is 0 Å². The fourth-order valence-electron chi connectivity index (χ4n) is 2.75. The summed E-state index contributed by atoms with van der Waals surface area (Å²) in [6, 6.07) is 3.86. The fraction of sp³-hybridized carbons (Fsp3) is 0.500. The Hall–Kier alpha value is -0.580. The van der Waals surface area contributed by atoms with Crippen LogP contribution in [-0.4, -0.2) is 18.6 Å². The van der Waals surface area contributed by atoms with Crippen LogP contribution >= 0.6 is 27.5 Å². The molecule has 0 radical (unpaired) electrons. The van der Waals surface area contributed by atoms with Gasteiger partial charge in [0.05, 0.1) is 17.4 Å². The highest BCUT2D eigenvalue weighted by molar-refractivity contribution is 9.09. The molecule has 0 aliphatic carbocycles. The fourth-order valence-corrected chi connectivity index (χ4v) is 4.21. The van der Waals surface area contributed by atoms with Gasteiger partial charge < -0.3 is 10.1 Å². The predicted molar refractivity (Wildman–Crippen MR) is 79.0 cm³/mol. The molecular weight excluding hydrogens is 330 g/mol. The van der Waals surface area contributed by atoms with Crippen LogP contribution in [0.25, 0.3) is 0 Å². The summed E-state index contributed by atoms with van der Waals surface area (Å²) in [5.41, 5.74) is 2.86. The number of hydrogen-bond donors (Lipinski definition) is 1. The minimum Gasteiger partial charge on any atom is -0.376 e. The lowest BCUT2D eigenvalue weighted by Gasteiger charge is -2.22. The molecule has 1 saturated heterocycles. The molecule has 2 aliphatic heterocycles. The van der Waals surface area contributed by atoms with Gasteiger partial charge in [-0.25, -0.2) is 0 Å². The molecule has 3 unspecified atom stereocenters. The Morgan fingerprint density at radius 1 is 1.53 bits per heavy atom. The maximum absolute atomic E-state index is 11.4. The smallest absolute Gasteiger partial charge is 0.228 e. The van der Waals surface area contributed by atoms with E-state index in [4.69, 9.17) is 16.3 Å². The van der Waals surface area contributed by atoms with Gasteiger partial charge in [0.15, 0.2) is 0 Å². The number of carbonyl (C=O) groups is 1. The molecular formula is C14H15BrClNO2. The number of ether oxygens (including phenoxy) is 1. The minimum absolute atomic E-state index is 0.0276. The van der Waals surface area contributed by atoms with Crippen molar-refractivity contribution in [2.75, 3.05) is 11.9 Å². The van der Waals surface area contributed by atoms with Gasteiger partial charge in [0.2, 0.25) is 5.91 Å². The van der Waals surface area contributed by atoms with Crippen LogP contribution in [0.5, 0.6) is 0 Å². The molecule has 3 rings (SSSR count). The Bertz CT molecular complexity index is 534. The number of carbonyl (C=O) groups excluding carboxylic acids is 1. The zero-order chi connectivity index (χ0) is 13.6. The van der Waals surface area contributed by atoms with Crippen molar-refractivity contribution < 1.29 is 9.53 Å². The van der Waals surface area contributed by atoms with E-state index in [0.29, 0.717) is 17.4 Å². The van der Waals surface area contributed by atoms with E-state index in [9.17, 15) is 4.79 Å². The molecule has 1 amide bonds. The number of fused-ring (bicyclic) bond motifs is 1. The monoisotopic (exact) mass is 343 g/mol. The molecule has 5 heteroatoms. The lowest BCUT2D eigenvalue weighted by molar-refractivity contribution is -0.115. The Labute approximate surface area is 125 Å². The number of benzene rings is 1. The van der Waals surface area contributed by atoms with Crippen molar-refractivity contribution >= 4 is 39.1 Å². The first-order valence-electron chi connectivity index (χ1n) is 6.44. The molecule has 2 aliphatic rings. The number of anilines is 1. The second-order valence-corrected chi connectivity index (χ2v) is 6.65. The standard InChI is InChI=1S/C14H15BrClNO2/c1-7-2-3-19-14(7)13(15)9-4-8-5-12(18)17-11(8)6-10(9)16/h4,6-7,13-14H,2-3,5H2,1H3,(H,17,18). The highest BCUT2D eigenvalue weighted by Crippen LogP contribution is 2.42. The van der Waals surface area contributed by atoms with Crippen molar-refractivity contribution in [1.29, 1.82) is 0 Å². The molecule has 0 aromatic heterocycles. The van der Waals surface area contributed by atoms with E-state index in [1.165, 1.54) is 0 Å². The van der Waals surface area contributed by atoms with Gasteiger partial charge in [-0.1, -0.05) is 40.5 Å². The molecule has 3 nitrogen and oxygen atoms in total. The van der Waals surface area contributed by atoms with Gasteiger partial charge in [-0.2, -0.15) is 0 Å². The first-order valence-corrected chi connectivity index (χ1v) is 7.73. The summed E-state index contributed by atoms with van der Waals surface area (Å²) >= 11 is 10.1. The van der Waals surface area contributed by atoms with Gasteiger partial charge in [-0.05, 0) is 29.5 Å². The van der Waals surface area contributed by atoms with E-state index in [1.807, 2.05) is 12.1 Å². The lowest BCUT2D eigenvalue weighted by Crippen LogP contribution is -2.19. The SMILES string of the molecule is CC1CCOC1C(Br)c1cc2c(cc1Cl)NC(=O)C2. The van der Waals surface area contributed by atoms with Crippen molar-refractivity contribution in [2.45, 2.75) is 30.7 Å². The normalized spacial score (nSPS) is 27.2. The molecule has 1 aromatic carbocycles. The van der Waals surface area contributed by atoms with Crippen LogP contribution in [-0.2, 0) is 16.0 Å². The molecule has 2 heterocycles. The molecule has 0 spiro atoms. The molecule has 1 N–H and O–H groups in total. The molecule has 102 valence electrons. The van der Waals surface area contributed by atoms with Crippen LogP contribution < -0.4 is 5.32 Å². The van der Waals surface area contributed by atoms with Gasteiger partial charge in [-0.15, -0.1) is 0 Å². The second-order valence-electron chi connectivity index (χ2n) is 5.26. The first kappa shape index (κ1) is 13.4. The molecule has 0 saturated carbocycles. The second kappa shape index (κ2) is 5.08. The highest BCUT2D eigenvalue weighted by Gasteiger charge is 2.33. The van der Waals surface area contributed by atoms with Crippen molar-refractivity contribution in [3.63, 3.8) is 0 Å². The number of alkyl halides is 1. The van der Waals surface area contributed by atoms with Crippen molar-refractivity contribution in [3.05, 3.63) is 28.3 Å². The summed E-state index contributed by atoms with van der Waals surface area (Å²) in [7, 11) is 0. The lowest BCUT2D eigenvalue weighted by atomic mass is 9.96. The number of nitrogens with one attached hydrogen (secondary N) is 1. The number of amides is 1. The van der Waals surface area contributed by atoms with Crippen LogP contribution in [0.2, 0.25) is 5.02 Å². The molecule has 19 heavy (non-hydrogen) atoms. The Balaban J connectivity index is 1.93. The van der Waals surface area contributed by atoms with Crippen LogP contribution in [0, 0.1) is 5.92 Å². The Morgan fingerprint density at radius 3 is 3.00 bits per heavy atom. The minimum atomic E-state index is 0.0276. The van der Waals surface area contributed by atoms with E-state index in [-0.39, 0.29) is 16.8 Å². The zero-order valence-electron chi connectivity index (χ0n) is 10.6. The first-order chi connectivity index (χ1) is 9.06. The summed E-state index contributed by atoms with van der Waals surface area (Å²) in [5.74, 6) is 0.535. The maximum Gasteiger partial charge on any atom is 0.228 e. The number of halogens is 2. The van der Waals surface area contributed by atoms with Gasteiger partial charge in [0.25, 0.3) is 0 Å². The van der Waals surface area contributed by atoms with Crippen molar-refractivity contribution in [2.24, 2.45) is 5.92 Å². The largest absolute Gasteiger partial charge is 0.376 e. The van der Waals surface area contributed by atoms with Gasteiger partial charge >= 0.3 is 0 Å². The Morgan fingerprint density at radius 2 is 2.32 bits per heavy atom. The summed E-state index contributed by atoms with van der Waals surface area (Å²) in [6.07, 6.45) is 1.65. The van der Waals surface area contributed by atoms with Crippen molar-refractivity contribution in [3.8, 4) is 0 Å². The topological polar surface area (TPSA) is 38.3 Å². The van der Waals surface area contributed by atoms with E-state index < -0.39 is 0 Å². The van der Waals surface area contributed by atoms with E-state index in [0.717, 1.165) is 29.8 Å². The third-order valence-corrected chi connectivity index (χ3v) is 5.22.